The molecular weight excluding hydrogens is 592 g/mol. The molecular formula is C30H26ClFN3NaO7. The van der Waals surface area contributed by atoms with Crippen molar-refractivity contribution in [2.75, 3.05) is 24.4 Å². The van der Waals surface area contributed by atoms with Gasteiger partial charge >= 0.3 is 35.5 Å². The van der Waals surface area contributed by atoms with E-state index in [1.54, 1.807) is 42.5 Å². The molecule has 1 saturated carbocycles. The Kier molecular flexibility index (Phi) is 10.1. The number of carbonyl (C=O) groups is 3. The number of methoxy groups -OCH3 is 1. The van der Waals surface area contributed by atoms with E-state index >= 15 is 4.39 Å². The van der Waals surface area contributed by atoms with Gasteiger partial charge in [-0.3, -0.25) is 19.4 Å². The predicted molar refractivity (Wildman–Crippen MR) is 154 cm³/mol. The van der Waals surface area contributed by atoms with E-state index in [0.29, 0.717) is 46.0 Å². The smallest absolute Gasteiger partial charge is 1.00 e. The molecule has 3 aromatic carbocycles. The van der Waals surface area contributed by atoms with Crippen molar-refractivity contribution in [2.45, 2.75) is 19.3 Å². The van der Waals surface area contributed by atoms with E-state index in [2.05, 4.69) is 15.6 Å². The molecule has 4 aromatic rings. The number of ether oxygens (including phenoxy) is 3. The van der Waals surface area contributed by atoms with Gasteiger partial charge in [0.1, 0.15) is 11.2 Å². The van der Waals surface area contributed by atoms with E-state index in [1.165, 1.54) is 25.4 Å². The first-order valence-corrected chi connectivity index (χ1v) is 13.2. The molecule has 1 fully saturated rings. The molecule has 0 aliphatic heterocycles. The average Bonchev–Trinajstić information content (AvgIpc) is 3.77. The number of fused-ring (bicyclic) bond motifs is 1. The van der Waals surface area contributed by atoms with Gasteiger partial charge in [-0.05, 0) is 55.3 Å². The van der Waals surface area contributed by atoms with Gasteiger partial charge < -0.3 is 31.4 Å². The van der Waals surface area contributed by atoms with Crippen LogP contribution in [0.3, 0.4) is 0 Å². The van der Waals surface area contributed by atoms with Crippen molar-refractivity contribution in [3.63, 3.8) is 0 Å². The molecule has 218 valence electrons. The Morgan fingerprint density at radius 2 is 1.70 bits per heavy atom. The van der Waals surface area contributed by atoms with Crippen molar-refractivity contribution >= 4 is 51.7 Å². The molecule has 1 aromatic heterocycles. The molecule has 10 nitrogen and oxygen atoms in total. The molecule has 0 atom stereocenters. The van der Waals surface area contributed by atoms with E-state index < -0.39 is 29.0 Å². The summed E-state index contributed by atoms with van der Waals surface area (Å²) in [6, 6.07) is 15.3. The number of hydrogen-bond donors (Lipinski definition) is 3. The fourth-order valence-corrected chi connectivity index (χ4v) is 4.46. The second-order valence-electron chi connectivity index (χ2n) is 9.57. The number of aliphatic carboxylic acids is 1. The molecule has 1 heterocycles. The number of hydrogen-bond acceptors (Lipinski definition) is 7. The third kappa shape index (κ3) is 7.37. The molecule has 1 aliphatic rings. The Labute approximate surface area is 274 Å². The maximum atomic E-state index is 15.1. The van der Waals surface area contributed by atoms with Crippen molar-refractivity contribution in [1.82, 2.24) is 4.98 Å². The van der Waals surface area contributed by atoms with Gasteiger partial charge in [0.05, 0.1) is 25.7 Å². The summed E-state index contributed by atoms with van der Waals surface area (Å²) >= 11 is 5.97. The van der Waals surface area contributed by atoms with Gasteiger partial charge in [-0.15, -0.1) is 0 Å². The molecule has 0 spiro atoms. The topological polar surface area (TPSA) is 136 Å². The monoisotopic (exact) mass is 617 g/mol. The van der Waals surface area contributed by atoms with Crippen LogP contribution < -0.4 is 54.4 Å². The number of carboxylic acids is 1. The summed E-state index contributed by atoms with van der Waals surface area (Å²) in [4.78, 5) is 41.0. The minimum Gasteiger partial charge on any atom is -1.00 e. The van der Waals surface area contributed by atoms with Crippen LogP contribution in [0.4, 0.5) is 15.8 Å². The number of aromatic nitrogens is 1. The van der Waals surface area contributed by atoms with E-state index in [-0.39, 0.29) is 61.2 Å². The summed E-state index contributed by atoms with van der Waals surface area (Å²) in [5.74, 6) is -1.95. The largest absolute Gasteiger partial charge is 1.00 e. The number of anilines is 2. The minimum atomic E-state index is -1.25. The van der Waals surface area contributed by atoms with Crippen LogP contribution in [-0.4, -0.2) is 41.6 Å². The first kappa shape index (κ1) is 32.0. The van der Waals surface area contributed by atoms with Crippen LogP contribution >= 0.6 is 11.6 Å². The Morgan fingerprint density at radius 3 is 2.33 bits per heavy atom. The number of nitrogens with one attached hydrogen (secondary N) is 2. The SMILES string of the molecule is COc1cc2c(Oc3ccc(NC(=O)C4(C(=O)Nc5cccc(Cl)c5)CC4)cc3F)ccnc2cc1OCCC(=O)O.[H-].[Na+]. The maximum absolute atomic E-state index is 15.1. The quantitative estimate of drug-likeness (QED) is 0.173. The summed E-state index contributed by atoms with van der Waals surface area (Å²) in [5.41, 5.74) is -0.161. The molecule has 2 amide bonds. The first-order chi connectivity index (χ1) is 20.2. The van der Waals surface area contributed by atoms with E-state index in [9.17, 15) is 14.4 Å². The molecule has 43 heavy (non-hydrogen) atoms. The summed E-state index contributed by atoms with van der Waals surface area (Å²) < 4.78 is 31.9. The number of carbonyl (C=O) groups excluding carboxylic acids is 2. The third-order valence-electron chi connectivity index (χ3n) is 6.67. The number of nitrogens with zero attached hydrogens (tertiary/aromatic N) is 1. The van der Waals surface area contributed by atoms with Gasteiger partial charge in [0.25, 0.3) is 0 Å². The van der Waals surface area contributed by atoms with Crippen LogP contribution in [0.1, 0.15) is 20.7 Å². The van der Waals surface area contributed by atoms with Gasteiger partial charge in [0.15, 0.2) is 23.1 Å². The number of halogens is 2. The number of pyridine rings is 1. The number of benzene rings is 3. The second kappa shape index (κ2) is 13.6. The Bertz CT molecular complexity index is 1710. The van der Waals surface area contributed by atoms with E-state index in [4.69, 9.17) is 30.9 Å². The maximum Gasteiger partial charge on any atom is 1.00 e. The van der Waals surface area contributed by atoms with Gasteiger partial charge in [0.2, 0.25) is 11.8 Å². The predicted octanol–water partition coefficient (Wildman–Crippen LogP) is 3.16. The zero-order valence-electron chi connectivity index (χ0n) is 24.3. The van der Waals surface area contributed by atoms with Crippen molar-refractivity contribution in [2.24, 2.45) is 5.41 Å². The van der Waals surface area contributed by atoms with E-state index in [1.807, 2.05) is 0 Å². The number of carboxylic acid groups (broad SMARTS) is 1. The summed E-state index contributed by atoms with van der Waals surface area (Å²) in [6.07, 6.45) is 2.01. The van der Waals surface area contributed by atoms with Crippen LogP contribution in [0.25, 0.3) is 10.9 Å². The zero-order chi connectivity index (χ0) is 29.9. The summed E-state index contributed by atoms with van der Waals surface area (Å²) in [7, 11) is 1.43. The molecule has 13 heteroatoms. The first-order valence-electron chi connectivity index (χ1n) is 12.9. The van der Waals surface area contributed by atoms with Crippen LogP contribution in [0, 0.1) is 11.2 Å². The number of rotatable bonds is 11. The molecule has 5 rings (SSSR count). The van der Waals surface area contributed by atoms with Crippen molar-refractivity contribution in [3.8, 4) is 23.0 Å². The van der Waals surface area contributed by atoms with Gasteiger partial charge in [-0.25, -0.2) is 4.39 Å². The van der Waals surface area contributed by atoms with Gasteiger partial charge in [0, 0.05) is 40.1 Å². The second-order valence-corrected chi connectivity index (χ2v) is 10.0. The Morgan fingerprint density at radius 1 is 0.977 bits per heavy atom. The molecule has 0 saturated heterocycles. The van der Waals surface area contributed by atoms with Crippen LogP contribution in [-0.2, 0) is 14.4 Å². The Hall–Kier alpha value is -3.90. The van der Waals surface area contributed by atoms with Gasteiger partial charge in [-0.1, -0.05) is 17.7 Å². The Balaban J connectivity index is 0.00000264. The van der Waals surface area contributed by atoms with Gasteiger partial charge in [-0.2, -0.15) is 0 Å². The molecule has 0 bridgehead atoms. The third-order valence-corrected chi connectivity index (χ3v) is 6.91. The molecule has 1 aliphatic carbocycles. The molecule has 0 radical (unpaired) electrons. The zero-order valence-corrected chi connectivity index (χ0v) is 26.0. The van der Waals surface area contributed by atoms with Crippen molar-refractivity contribution < 1.29 is 69.1 Å². The average molecular weight is 618 g/mol. The van der Waals surface area contributed by atoms with E-state index in [0.717, 1.165) is 6.07 Å². The van der Waals surface area contributed by atoms with Crippen LogP contribution in [0.15, 0.2) is 66.9 Å². The fraction of sp³-hybridized carbons (Fsp3) is 0.200. The van der Waals surface area contributed by atoms with Crippen LogP contribution in [0.5, 0.6) is 23.0 Å². The van der Waals surface area contributed by atoms with Crippen molar-refractivity contribution in [1.29, 1.82) is 0 Å². The number of amides is 2. The normalized spacial score (nSPS) is 12.9. The fourth-order valence-electron chi connectivity index (χ4n) is 4.27. The van der Waals surface area contributed by atoms with Crippen molar-refractivity contribution in [3.05, 3.63) is 77.7 Å². The summed E-state index contributed by atoms with van der Waals surface area (Å²) in [6.45, 7) is -0.0603. The summed E-state index contributed by atoms with van der Waals surface area (Å²) in [5, 5.41) is 15.2. The molecule has 0 unspecified atom stereocenters. The standard InChI is InChI=1S/C30H25ClFN3O7.Na.H/c1-40-25-15-20-22(16-26(25)41-12-8-27(36)37)33-11-7-23(20)42-24-6-5-19(14-21(24)32)35-29(39)30(9-10-30)28(38)34-18-4-2-3-17(31)13-18;;/h2-7,11,13-16H,8-10,12H2,1H3,(H,34,38)(H,35,39)(H,36,37);;/q;+1;-1. The van der Waals surface area contributed by atoms with Crippen LogP contribution in [0.2, 0.25) is 5.02 Å². The minimum absolute atomic E-state index is 0. The molecule has 3 N–H and O–H groups in total.